The van der Waals surface area contributed by atoms with Crippen LogP contribution in [0, 0.1) is 0 Å². The van der Waals surface area contributed by atoms with Gasteiger partial charge in [-0.05, 0) is 38.5 Å². The predicted octanol–water partition coefficient (Wildman–Crippen LogP) is 3.95. The normalized spacial score (nSPS) is 11.9. The average Bonchev–Trinajstić information content (AvgIpc) is 2.42. The summed E-state index contributed by atoms with van der Waals surface area (Å²) in [5, 5.41) is 12.1. The molecule has 0 saturated carbocycles. The Labute approximate surface area is 129 Å². The number of nitrogens with two attached hydrogens (primary N) is 1. The minimum atomic E-state index is 0.147. The van der Waals surface area contributed by atoms with Crippen molar-refractivity contribution in [3.63, 3.8) is 0 Å². The van der Waals surface area contributed by atoms with Crippen LogP contribution in [0.25, 0.3) is 0 Å². The zero-order valence-electron chi connectivity index (χ0n) is 12.4. The number of unbranched alkanes of at least 4 members (excludes halogenated alkanes) is 2. The summed E-state index contributed by atoms with van der Waals surface area (Å²) in [6.07, 6.45) is 3.53. The number of hydrogen-bond donors (Lipinski definition) is 2. The fourth-order valence-corrected chi connectivity index (χ4v) is 2.55. The largest absolute Gasteiger partial charge is 0.409 e. The molecule has 1 aromatic carbocycles. The summed E-state index contributed by atoms with van der Waals surface area (Å²) in [5.74, 6) is 0.147. The van der Waals surface area contributed by atoms with E-state index in [-0.39, 0.29) is 5.84 Å². The van der Waals surface area contributed by atoms with Crippen molar-refractivity contribution in [1.82, 2.24) is 0 Å². The third-order valence-corrected chi connectivity index (χ3v) is 3.77. The van der Waals surface area contributed by atoms with Crippen LogP contribution in [0.4, 0.5) is 5.69 Å². The Hall–Kier alpha value is -1.23. The van der Waals surface area contributed by atoms with Gasteiger partial charge < -0.3 is 15.8 Å². The van der Waals surface area contributed by atoms with Gasteiger partial charge in [-0.1, -0.05) is 40.9 Å². The first-order valence-corrected chi connectivity index (χ1v) is 7.84. The maximum Gasteiger partial charge on any atom is 0.172 e. The minimum absolute atomic E-state index is 0.147. The van der Waals surface area contributed by atoms with E-state index in [9.17, 15) is 0 Å². The number of nitrogens with zero attached hydrogens (tertiary/aromatic N) is 2. The highest BCUT2D eigenvalue weighted by Gasteiger charge is 2.17. The molecule has 0 aromatic heterocycles. The average molecular weight is 342 g/mol. The van der Waals surface area contributed by atoms with E-state index in [0.29, 0.717) is 6.04 Å². The van der Waals surface area contributed by atoms with Gasteiger partial charge in [-0.3, -0.25) is 0 Å². The number of hydrogen-bond acceptors (Lipinski definition) is 3. The number of oxime groups is 1. The maximum absolute atomic E-state index is 8.95. The Morgan fingerprint density at radius 2 is 2.10 bits per heavy atom. The van der Waals surface area contributed by atoms with Gasteiger partial charge in [0.05, 0.1) is 0 Å². The van der Waals surface area contributed by atoms with E-state index in [1.807, 2.05) is 18.2 Å². The number of halogens is 1. The van der Waals surface area contributed by atoms with E-state index in [1.54, 1.807) is 0 Å². The Kier molecular flexibility index (Phi) is 6.85. The Bertz CT molecular complexity index is 460. The topological polar surface area (TPSA) is 61.8 Å². The van der Waals surface area contributed by atoms with Crippen molar-refractivity contribution in [1.29, 1.82) is 0 Å². The molecule has 5 heteroatoms. The highest BCUT2D eigenvalue weighted by Crippen LogP contribution is 2.27. The molecule has 1 aromatic rings. The molecule has 0 radical (unpaired) electrons. The smallest absolute Gasteiger partial charge is 0.172 e. The van der Waals surface area contributed by atoms with Crippen molar-refractivity contribution in [3.05, 3.63) is 28.2 Å². The van der Waals surface area contributed by atoms with Crippen LogP contribution in [0.1, 0.15) is 45.6 Å². The van der Waals surface area contributed by atoms with Gasteiger partial charge in [-0.2, -0.15) is 0 Å². The fraction of sp³-hybridized carbons (Fsp3) is 0.533. The number of benzene rings is 1. The lowest BCUT2D eigenvalue weighted by atomic mass is 10.1. The number of anilines is 1. The van der Waals surface area contributed by atoms with Crippen molar-refractivity contribution in [3.8, 4) is 0 Å². The molecule has 4 nitrogen and oxygen atoms in total. The minimum Gasteiger partial charge on any atom is -0.409 e. The van der Waals surface area contributed by atoms with E-state index in [0.717, 1.165) is 28.7 Å². The molecule has 0 aliphatic carbocycles. The maximum atomic E-state index is 8.95. The monoisotopic (exact) mass is 341 g/mol. The molecule has 0 unspecified atom stereocenters. The SMILES string of the molecule is CCCCCN(c1cc(Br)ccc1/C(N)=N/O)C(C)C. The molecule has 3 N–H and O–H groups in total. The van der Waals surface area contributed by atoms with E-state index < -0.39 is 0 Å². The zero-order valence-corrected chi connectivity index (χ0v) is 14.0. The first kappa shape index (κ1) is 16.8. The molecule has 1 rings (SSSR count). The second-order valence-electron chi connectivity index (χ2n) is 5.14. The molecule has 0 spiro atoms. The highest BCUT2D eigenvalue weighted by atomic mass is 79.9. The van der Waals surface area contributed by atoms with Gasteiger partial charge in [-0.25, -0.2) is 0 Å². The third-order valence-electron chi connectivity index (χ3n) is 3.28. The van der Waals surface area contributed by atoms with Crippen LogP contribution in [-0.4, -0.2) is 23.6 Å². The van der Waals surface area contributed by atoms with Crippen molar-refractivity contribution in [2.45, 2.75) is 46.1 Å². The Morgan fingerprint density at radius 3 is 2.65 bits per heavy atom. The van der Waals surface area contributed by atoms with E-state index in [1.165, 1.54) is 12.8 Å². The lowest BCUT2D eigenvalue weighted by Gasteiger charge is -2.31. The molecule has 0 fully saturated rings. The molecule has 20 heavy (non-hydrogen) atoms. The molecule has 0 heterocycles. The van der Waals surface area contributed by atoms with Gasteiger partial charge in [0, 0.05) is 28.3 Å². The van der Waals surface area contributed by atoms with Crippen molar-refractivity contribution < 1.29 is 5.21 Å². The Morgan fingerprint density at radius 1 is 1.40 bits per heavy atom. The van der Waals surface area contributed by atoms with Crippen LogP contribution in [0.2, 0.25) is 0 Å². The van der Waals surface area contributed by atoms with E-state index in [4.69, 9.17) is 10.9 Å². The summed E-state index contributed by atoms with van der Waals surface area (Å²) >= 11 is 3.50. The molecule has 0 aliphatic rings. The first-order chi connectivity index (χ1) is 9.51. The first-order valence-electron chi connectivity index (χ1n) is 7.05. The molecule has 0 bridgehead atoms. The van der Waals surface area contributed by atoms with Crippen molar-refractivity contribution in [2.75, 3.05) is 11.4 Å². The third kappa shape index (κ3) is 4.40. The fourth-order valence-electron chi connectivity index (χ4n) is 2.20. The summed E-state index contributed by atoms with van der Waals surface area (Å²) in [4.78, 5) is 2.30. The summed E-state index contributed by atoms with van der Waals surface area (Å²) in [7, 11) is 0. The number of amidine groups is 1. The second-order valence-corrected chi connectivity index (χ2v) is 6.06. The van der Waals surface area contributed by atoms with E-state index >= 15 is 0 Å². The Balaban J connectivity index is 3.13. The van der Waals surface area contributed by atoms with Crippen molar-refractivity contribution in [2.24, 2.45) is 10.9 Å². The molecule has 0 atom stereocenters. The highest BCUT2D eigenvalue weighted by molar-refractivity contribution is 9.10. The molecule has 0 amide bonds. The standard InChI is InChI=1S/C15H24BrN3O/c1-4-5-6-9-19(11(2)3)14-10-12(16)7-8-13(14)15(17)18-20/h7-8,10-11,20H,4-6,9H2,1-3H3,(H2,17,18). The molecular weight excluding hydrogens is 318 g/mol. The van der Waals surface area contributed by atoms with Crippen LogP contribution in [0.15, 0.2) is 27.8 Å². The van der Waals surface area contributed by atoms with Crippen LogP contribution in [0.3, 0.4) is 0 Å². The lowest BCUT2D eigenvalue weighted by Crippen LogP contribution is -2.33. The van der Waals surface area contributed by atoms with Gasteiger partial charge in [0.1, 0.15) is 0 Å². The second kappa shape index (κ2) is 8.15. The summed E-state index contributed by atoms with van der Waals surface area (Å²) in [5.41, 5.74) is 7.56. The summed E-state index contributed by atoms with van der Waals surface area (Å²) in [6, 6.07) is 6.16. The molecule has 0 saturated heterocycles. The van der Waals surface area contributed by atoms with Gasteiger partial charge in [0.25, 0.3) is 0 Å². The summed E-state index contributed by atoms with van der Waals surface area (Å²) in [6.45, 7) is 7.47. The quantitative estimate of drug-likeness (QED) is 0.259. The summed E-state index contributed by atoms with van der Waals surface area (Å²) < 4.78 is 0.989. The zero-order chi connectivity index (χ0) is 15.1. The van der Waals surface area contributed by atoms with Gasteiger partial charge in [0.2, 0.25) is 0 Å². The van der Waals surface area contributed by atoms with Gasteiger partial charge >= 0.3 is 0 Å². The van der Waals surface area contributed by atoms with Crippen LogP contribution < -0.4 is 10.6 Å². The predicted molar refractivity (Wildman–Crippen MR) is 88.7 cm³/mol. The molecule has 112 valence electrons. The van der Waals surface area contributed by atoms with Crippen LogP contribution in [0.5, 0.6) is 0 Å². The molecular formula is C15H24BrN3O. The van der Waals surface area contributed by atoms with Gasteiger partial charge in [-0.15, -0.1) is 0 Å². The number of rotatable bonds is 7. The van der Waals surface area contributed by atoms with E-state index in [2.05, 4.69) is 46.8 Å². The van der Waals surface area contributed by atoms with Gasteiger partial charge in [0.15, 0.2) is 5.84 Å². The van der Waals surface area contributed by atoms with Crippen LogP contribution >= 0.6 is 15.9 Å². The van der Waals surface area contributed by atoms with Crippen molar-refractivity contribution >= 4 is 27.5 Å². The van der Waals surface area contributed by atoms with Crippen LogP contribution in [-0.2, 0) is 0 Å². The lowest BCUT2D eigenvalue weighted by molar-refractivity contribution is 0.318. The molecule has 0 aliphatic heterocycles.